The van der Waals surface area contributed by atoms with Crippen molar-refractivity contribution in [3.8, 4) is 16.9 Å². The van der Waals surface area contributed by atoms with Crippen LogP contribution in [0.15, 0.2) is 78.9 Å². The van der Waals surface area contributed by atoms with Gasteiger partial charge in [-0.15, -0.1) is 0 Å². The molecule has 0 heterocycles. The zero-order valence-electron chi connectivity index (χ0n) is 22.1. The van der Waals surface area contributed by atoms with E-state index in [9.17, 15) is 14.4 Å². The highest BCUT2D eigenvalue weighted by molar-refractivity contribution is 5.97. The zero-order valence-corrected chi connectivity index (χ0v) is 22.1. The van der Waals surface area contributed by atoms with Gasteiger partial charge in [-0.05, 0) is 66.1 Å². The highest BCUT2D eigenvalue weighted by Crippen LogP contribution is 2.26. The number of benzene rings is 3. The van der Waals surface area contributed by atoms with Gasteiger partial charge in [-0.1, -0.05) is 73.9 Å². The molecule has 0 radical (unpaired) electrons. The van der Waals surface area contributed by atoms with Gasteiger partial charge in [-0.3, -0.25) is 9.59 Å². The molecule has 3 aromatic rings. The molecule has 7 nitrogen and oxygen atoms in total. The number of hydrogen-bond acceptors (Lipinski definition) is 5. The fourth-order valence-corrected chi connectivity index (χ4v) is 4.73. The molecule has 0 spiro atoms. The summed E-state index contributed by atoms with van der Waals surface area (Å²) in [6.07, 6.45) is 6.44. The van der Waals surface area contributed by atoms with Crippen LogP contribution in [-0.4, -0.2) is 30.4 Å². The van der Waals surface area contributed by atoms with Gasteiger partial charge in [0.25, 0.3) is 5.91 Å². The molecule has 3 N–H and O–H groups in total. The lowest BCUT2D eigenvalue weighted by Crippen LogP contribution is -2.42. The number of hydrogen-bond donors (Lipinski definition) is 2. The van der Waals surface area contributed by atoms with Crippen LogP contribution in [0.5, 0.6) is 5.75 Å². The highest BCUT2D eigenvalue weighted by Gasteiger charge is 2.24. The summed E-state index contributed by atoms with van der Waals surface area (Å²) in [5.74, 6) is -0.0884. The van der Waals surface area contributed by atoms with E-state index in [1.54, 1.807) is 12.1 Å². The van der Waals surface area contributed by atoms with Gasteiger partial charge in [-0.2, -0.15) is 0 Å². The molecule has 0 unspecified atom stereocenters. The van der Waals surface area contributed by atoms with E-state index in [2.05, 4.69) is 5.32 Å². The Bertz CT molecular complexity index is 1220. The maximum absolute atomic E-state index is 12.9. The molecule has 1 aliphatic rings. The fraction of sp³-hybridized carbons (Fsp3) is 0.344. The van der Waals surface area contributed by atoms with Gasteiger partial charge in [0.15, 0.2) is 0 Å². The van der Waals surface area contributed by atoms with E-state index in [-0.39, 0.29) is 19.4 Å². The van der Waals surface area contributed by atoms with Crippen molar-refractivity contribution < 1.29 is 23.9 Å². The van der Waals surface area contributed by atoms with Gasteiger partial charge in [-0.25, -0.2) is 4.79 Å². The van der Waals surface area contributed by atoms with Crippen LogP contribution in [0.1, 0.15) is 60.9 Å². The van der Waals surface area contributed by atoms with Gasteiger partial charge in [0.05, 0.1) is 6.61 Å². The average Bonchev–Trinajstić information content (AvgIpc) is 2.98. The maximum atomic E-state index is 12.9. The summed E-state index contributed by atoms with van der Waals surface area (Å²) in [5.41, 5.74) is 8.45. The normalized spacial score (nSPS) is 14.3. The van der Waals surface area contributed by atoms with Crippen LogP contribution < -0.4 is 15.8 Å². The number of nitrogens with two attached hydrogens (primary N) is 1. The molecule has 2 amide bonds. The number of primary amides is 1. The van der Waals surface area contributed by atoms with E-state index in [0.29, 0.717) is 11.5 Å². The second-order valence-electron chi connectivity index (χ2n) is 10.0. The Morgan fingerprint density at radius 2 is 1.49 bits per heavy atom. The molecule has 204 valence electrons. The predicted octanol–water partition coefficient (Wildman–Crippen LogP) is 5.42. The van der Waals surface area contributed by atoms with Crippen LogP contribution in [0.2, 0.25) is 0 Å². The standard InChI is InChI=1S/C32H36N2O5/c33-30(35)20-19-29(32(37)39-22-24-9-5-2-6-10-24)34-31(36)27-13-11-25(12-14-27)26-15-17-28(18-16-26)38-21-23-7-3-1-4-8-23/h2,5-6,9-18,23,29H,1,3-4,7-8,19-22H2,(H2,33,35)(H,34,36)/t29-/m0/s1. The second kappa shape index (κ2) is 14.1. The zero-order chi connectivity index (χ0) is 27.5. The second-order valence-corrected chi connectivity index (χ2v) is 10.0. The average molecular weight is 529 g/mol. The molecular formula is C32H36N2O5. The number of nitrogens with one attached hydrogen (secondary N) is 1. The number of ether oxygens (including phenoxy) is 2. The molecule has 7 heteroatoms. The van der Waals surface area contributed by atoms with Crippen molar-refractivity contribution in [1.82, 2.24) is 5.32 Å². The molecule has 1 saturated carbocycles. The summed E-state index contributed by atoms with van der Waals surface area (Å²) >= 11 is 0. The van der Waals surface area contributed by atoms with Crippen LogP contribution in [-0.2, 0) is 20.9 Å². The Morgan fingerprint density at radius 3 is 2.13 bits per heavy atom. The predicted molar refractivity (Wildman–Crippen MR) is 150 cm³/mol. The van der Waals surface area contributed by atoms with Gasteiger partial charge in [0.2, 0.25) is 5.91 Å². The first kappa shape index (κ1) is 27.9. The monoisotopic (exact) mass is 528 g/mol. The molecule has 0 bridgehead atoms. The van der Waals surface area contributed by atoms with Crippen molar-refractivity contribution in [3.63, 3.8) is 0 Å². The third-order valence-electron chi connectivity index (χ3n) is 7.04. The van der Waals surface area contributed by atoms with E-state index >= 15 is 0 Å². The van der Waals surface area contributed by atoms with Crippen LogP contribution in [0.25, 0.3) is 11.1 Å². The van der Waals surface area contributed by atoms with Crippen LogP contribution in [0, 0.1) is 5.92 Å². The van der Waals surface area contributed by atoms with Crippen LogP contribution in [0.3, 0.4) is 0 Å². The molecule has 39 heavy (non-hydrogen) atoms. The van der Waals surface area contributed by atoms with E-state index in [1.807, 2.05) is 66.7 Å². The van der Waals surface area contributed by atoms with E-state index < -0.39 is 23.8 Å². The molecular weight excluding hydrogens is 492 g/mol. The third-order valence-corrected chi connectivity index (χ3v) is 7.04. The van der Waals surface area contributed by atoms with Crippen molar-refractivity contribution in [1.29, 1.82) is 0 Å². The van der Waals surface area contributed by atoms with Crippen molar-refractivity contribution in [2.24, 2.45) is 11.7 Å². The minimum absolute atomic E-state index is 0.0509. The van der Waals surface area contributed by atoms with Crippen molar-refractivity contribution in [3.05, 3.63) is 90.0 Å². The SMILES string of the molecule is NC(=O)CC[C@H](NC(=O)c1ccc(-c2ccc(OCC3CCCCC3)cc2)cc1)C(=O)OCc1ccccc1. The van der Waals surface area contributed by atoms with Gasteiger partial charge in [0, 0.05) is 12.0 Å². The van der Waals surface area contributed by atoms with Crippen LogP contribution >= 0.6 is 0 Å². The Labute approximate surface area is 229 Å². The molecule has 3 aromatic carbocycles. The minimum atomic E-state index is -0.991. The largest absolute Gasteiger partial charge is 0.493 e. The minimum Gasteiger partial charge on any atom is -0.493 e. The number of carbonyl (C=O) groups is 3. The summed E-state index contributed by atoms with van der Waals surface area (Å²) in [4.78, 5) is 36.9. The van der Waals surface area contributed by atoms with Gasteiger partial charge >= 0.3 is 5.97 Å². The van der Waals surface area contributed by atoms with Crippen LogP contribution in [0.4, 0.5) is 0 Å². The molecule has 1 atom stereocenters. The first-order chi connectivity index (χ1) is 19.0. The molecule has 0 aromatic heterocycles. The quantitative estimate of drug-likeness (QED) is 0.305. The van der Waals surface area contributed by atoms with Crippen molar-refractivity contribution >= 4 is 17.8 Å². The summed E-state index contributed by atoms with van der Waals surface area (Å²) in [7, 11) is 0. The van der Waals surface area contributed by atoms with Gasteiger partial charge < -0.3 is 20.5 Å². The Morgan fingerprint density at radius 1 is 0.846 bits per heavy atom. The lowest BCUT2D eigenvalue weighted by Gasteiger charge is -2.21. The fourth-order valence-electron chi connectivity index (χ4n) is 4.73. The first-order valence-electron chi connectivity index (χ1n) is 13.6. The summed E-state index contributed by atoms with van der Waals surface area (Å²) in [6, 6.07) is 23.3. The van der Waals surface area contributed by atoms with Gasteiger partial charge in [0.1, 0.15) is 18.4 Å². The lowest BCUT2D eigenvalue weighted by molar-refractivity contribution is -0.147. The molecule has 1 aliphatic carbocycles. The summed E-state index contributed by atoms with van der Waals surface area (Å²) < 4.78 is 11.4. The molecule has 4 rings (SSSR count). The van der Waals surface area contributed by atoms with Crippen molar-refractivity contribution in [2.45, 2.75) is 57.6 Å². The smallest absolute Gasteiger partial charge is 0.328 e. The number of rotatable bonds is 12. The summed E-state index contributed by atoms with van der Waals surface area (Å²) in [6.45, 7) is 0.838. The Hall–Kier alpha value is -4.13. The van der Waals surface area contributed by atoms with E-state index in [4.69, 9.17) is 15.2 Å². The molecule has 1 fully saturated rings. The summed E-state index contributed by atoms with van der Waals surface area (Å²) in [5, 5.41) is 2.69. The Kier molecular flexibility index (Phi) is 10.1. The topological polar surface area (TPSA) is 108 Å². The number of amides is 2. The number of esters is 1. The van der Waals surface area contributed by atoms with Crippen molar-refractivity contribution in [2.75, 3.05) is 6.61 Å². The lowest BCUT2D eigenvalue weighted by atomic mass is 9.90. The van der Waals surface area contributed by atoms with E-state index in [1.165, 1.54) is 32.1 Å². The molecule has 0 saturated heterocycles. The number of carbonyl (C=O) groups excluding carboxylic acids is 3. The third kappa shape index (κ3) is 8.70. The highest BCUT2D eigenvalue weighted by atomic mass is 16.5. The Balaban J connectivity index is 1.33. The first-order valence-corrected chi connectivity index (χ1v) is 13.6. The maximum Gasteiger partial charge on any atom is 0.328 e. The molecule has 0 aliphatic heterocycles. The van der Waals surface area contributed by atoms with E-state index in [0.717, 1.165) is 29.0 Å².